The molecule has 1 rings (SSSR count). The quantitative estimate of drug-likeness (QED) is 0.681. The summed E-state index contributed by atoms with van der Waals surface area (Å²) in [5, 5.41) is 4.02. The molecule has 1 heterocycles. The highest BCUT2D eigenvalue weighted by atomic mass is 16.5. The molecule has 0 fully saturated rings. The Bertz CT molecular complexity index is 258. The van der Waals surface area contributed by atoms with E-state index in [1.165, 1.54) is 0 Å². The average Bonchev–Trinajstić information content (AvgIpc) is 2.34. The predicted octanol–water partition coefficient (Wildman–Crippen LogP) is 0.255. The van der Waals surface area contributed by atoms with Crippen LogP contribution in [0.2, 0.25) is 0 Å². The molecular weight excluding hydrogens is 156 g/mol. The molecule has 68 valence electrons. The van der Waals surface area contributed by atoms with E-state index in [1.54, 1.807) is 18.0 Å². The minimum Gasteiger partial charge on any atom is -0.394 e. The van der Waals surface area contributed by atoms with Crippen molar-refractivity contribution in [3.63, 3.8) is 0 Å². The SMILES string of the molecule is COCC(C)n1ncc(N)c1N. The monoisotopic (exact) mass is 170 g/mol. The average molecular weight is 170 g/mol. The maximum atomic E-state index is 5.65. The first-order valence-electron chi connectivity index (χ1n) is 3.74. The van der Waals surface area contributed by atoms with Gasteiger partial charge in [-0.05, 0) is 6.92 Å². The first-order chi connectivity index (χ1) is 5.66. The van der Waals surface area contributed by atoms with Crippen molar-refractivity contribution in [2.75, 3.05) is 25.2 Å². The van der Waals surface area contributed by atoms with Gasteiger partial charge >= 0.3 is 0 Å². The van der Waals surface area contributed by atoms with E-state index in [0.29, 0.717) is 18.1 Å². The van der Waals surface area contributed by atoms with Gasteiger partial charge in [-0.2, -0.15) is 5.10 Å². The summed E-state index contributed by atoms with van der Waals surface area (Å²) < 4.78 is 6.62. The predicted molar refractivity (Wildman–Crippen MR) is 47.6 cm³/mol. The highest BCUT2D eigenvalue weighted by Crippen LogP contribution is 2.17. The Morgan fingerprint density at radius 1 is 1.67 bits per heavy atom. The number of anilines is 2. The Labute approximate surface area is 71.3 Å². The topological polar surface area (TPSA) is 79.1 Å². The lowest BCUT2D eigenvalue weighted by Crippen LogP contribution is -2.14. The third kappa shape index (κ3) is 1.50. The van der Waals surface area contributed by atoms with Gasteiger partial charge in [-0.1, -0.05) is 0 Å². The van der Waals surface area contributed by atoms with Gasteiger partial charge in [-0.25, -0.2) is 4.68 Å². The third-order valence-electron chi connectivity index (χ3n) is 1.69. The van der Waals surface area contributed by atoms with E-state index in [-0.39, 0.29) is 6.04 Å². The first kappa shape index (κ1) is 8.86. The summed E-state index contributed by atoms with van der Waals surface area (Å²) in [6.45, 7) is 2.54. The summed E-state index contributed by atoms with van der Waals surface area (Å²) >= 11 is 0. The van der Waals surface area contributed by atoms with Crippen molar-refractivity contribution in [3.8, 4) is 0 Å². The molecule has 0 aliphatic carbocycles. The molecule has 0 spiro atoms. The summed E-state index contributed by atoms with van der Waals surface area (Å²) in [6.07, 6.45) is 1.54. The Morgan fingerprint density at radius 2 is 2.33 bits per heavy atom. The number of nitrogens with zero attached hydrogens (tertiary/aromatic N) is 2. The van der Waals surface area contributed by atoms with Crippen LogP contribution in [0, 0.1) is 0 Å². The molecular formula is C7H14N4O. The fourth-order valence-electron chi connectivity index (χ4n) is 1.05. The number of nitrogens with two attached hydrogens (primary N) is 2. The van der Waals surface area contributed by atoms with E-state index in [4.69, 9.17) is 16.2 Å². The van der Waals surface area contributed by atoms with Gasteiger partial charge in [0, 0.05) is 7.11 Å². The van der Waals surface area contributed by atoms with Gasteiger partial charge in [-0.15, -0.1) is 0 Å². The molecule has 0 radical (unpaired) electrons. The van der Waals surface area contributed by atoms with Crippen molar-refractivity contribution in [1.29, 1.82) is 0 Å². The lowest BCUT2D eigenvalue weighted by molar-refractivity contribution is 0.158. The second-order valence-electron chi connectivity index (χ2n) is 2.73. The number of nitrogen functional groups attached to an aromatic ring is 2. The van der Waals surface area contributed by atoms with Crippen LogP contribution >= 0.6 is 0 Å². The zero-order valence-corrected chi connectivity index (χ0v) is 7.32. The molecule has 1 unspecified atom stereocenters. The molecule has 1 aromatic heterocycles. The van der Waals surface area contributed by atoms with Crippen molar-refractivity contribution in [3.05, 3.63) is 6.20 Å². The van der Waals surface area contributed by atoms with Crippen molar-refractivity contribution in [2.24, 2.45) is 0 Å². The first-order valence-corrected chi connectivity index (χ1v) is 3.74. The van der Waals surface area contributed by atoms with Crippen molar-refractivity contribution in [2.45, 2.75) is 13.0 Å². The van der Waals surface area contributed by atoms with Crippen LogP contribution in [0.5, 0.6) is 0 Å². The van der Waals surface area contributed by atoms with Crippen LogP contribution < -0.4 is 11.5 Å². The van der Waals surface area contributed by atoms with E-state index in [2.05, 4.69) is 5.10 Å². The second-order valence-corrected chi connectivity index (χ2v) is 2.73. The zero-order valence-electron chi connectivity index (χ0n) is 7.32. The van der Waals surface area contributed by atoms with Gasteiger partial charge in [-0.3, -0.25) is 0 Å². The molecule has 0 bridgehead atoms. The number of methoxy groups -OCH3 is 1. The molecule has 5 nitrogen and oxygen atoms in total. The Balaban J connectivity index is 2.80. The summed E-state index contributed by atoms with van der Waals surface area (Å²) in [5.74, 6) is 0.500. The minimum atomic E-state index is 0.118. The van der Waals surface area contributed by atoms with E-state index in [0.717, 1.165) is 0 Å². The number of ether oxygens (including phenoxy) is 1. The van der Waals surface area contributed by atoms with Gasteiger partial charge in [0.05, 0.1) is 24.5 Å². The summed E-state index contributed by atoms with van der Waals surface area (Å²) in [4.78, 5) is 0. The number of aromatic nitrogens is 2. The van der Waals surface area contributed by atoms with E-state index >= 15 is 0 Å². The van der Waals surface area contributed by atoms with Gasteiger partial charge < -0.3 is 16.2 Å². The number of rotatable bonds is 3. The summed E-state index contributed by atoms with van der Waals surface area (Å²) in [5.41, 5.74) is 11.7. The van der Waals surface area contributed by atoms with Gasteiger partial charge in [0.2, 0.25) is 0 Å². The molecule has 5 heteroatoms. The third-order valence-corrected chi connectivity index (χ3v) is 1.69. The highest BCUT2D eigenvalue weighted by Gasteiger charge is 2.10. The lowest BCUT2D eigenvalue weighted by Gasteiger charge is -2.12. The Kier molecular flexibility index (Phi) is 2.54. The molecule has 0 aliphatic heterocycles. The maximum Gasteiger partial charge on any atom is 0.145 e. The van der Waals surface area contributed by atoms with Crippen LogP contribution in [-0.4, -0.2) is 23.5 Å². The fraction of sp³-hybridized carbons (Fsp3) is 0.571. The van der Waals surface area contributed by atoms with Crippen molar-refractivity contribution in [1.82, 2.24) is 9.78 Å². The van der Waals surface area contributed by atoms with E-state index in [9.17, 15) is 0 Å². The molecule has 0 aromatic carbocycles. The number of hydrogen-bond acceptors (Lipinski definition) is 4. The van der Waals surface area contributed by atoms with Gasteiger partial charge in [0.1, 0.15) is 5.82 Å². The van der Waals surface area contributed by atoms with Crippen LogP contribution in [0.1, 0.15) is 13.0 Å². The van der Waals surface area contributed by atoms with Crippen LogP contribution in [0.3, 0.4) is 0 Å². The van der Waals surface area contributed by atoms with Crippen LogP contribution in [0.15, 0.2) is 6.20 Å². The van der Waals surface area contributed by atoms with Gasteiger partial charge in [0.15, 0.2) is 0 Å². The number of hydrogen-bond donors (Lipinski definition) is 2. The minimum absolute atomic E-state index is 0.118. The fourth-order valence-corrected chi connectivity index (χ4v) is 1.05. The molecule has 1 aromatic rings. The maximum absolute atomic E-state index is 5.65. The van der Waals surface area contributed by atoms with Crippen LogP contribution in [0.4, 0.5) is 11.5 Å². The smallest absolute Gasteiger partial charge is 0.145 e. The van der Waals surface area contributed by atoms with Crippen molar-refractivity contribution < 1.29 is 4.74 Å². The molecule has 4 N–H and O–H groups in total. The summed E-state index contributed by atoms with van der Waals surface area (Å²) in [6, 6.07) is 0.118. The molecule has 0 saturated carbocycles. The van der Waals surface area contributed by atoms with E-state index < -0.39 is 0 Å². The normalized spacial score (nSPS) is 13.2. The van der Waals surface area contributed by atoms with Gasteiger partial charge in [0.25, 0.3) is 0 Å². The highest BCUT2D eigenvalue weighted by molar-refractivity contribution is 5.57. The second kappa shape index (κ2) is 3.44. The Morgan fingerprint density at radius 3 is 2.75 bits per heavy atom. The Hall–Kier alpha value is -1.23. The van der Waals surface area contributed by atoms with Crippen molar-refractivity contribution >= 4 is 11.5 Å². The molecule has 12 heavy (non-hydrogen) atoms. The van der Waals surface area contributed by atoms with Crippen LogP contribution in [0.25, 0.3) is 0 Å². The largest absolute Gasteiger partial charge is 0.394 e. The van der Waals surface area contributed by atoms with Crippen LogP contribution in [-0.2, 0) is 4.74 Å². The molecule has 0 aliphatic rings. The lowest BCUT2D eigenvalue weighted by atomic mass is 10.4. The summed E-state index contributed by atoms with van der Waals surface area (Å²) in [7, 11) is 1.64. The standard InChI is InChI=1S/C7H14N4O/c1-5(4-12-2)11-7(9)6(8)3-10-11/h3,5H,4,8-9H2,1-2H3. The molecule has 1 atom stereocenters. The molecule has 0 amide bonds. The molecule has 0 saturated heterocycles. The van der Waals surface area contributed by atoms with E-state index in [1.807, 2.05) is 6.92 Å². The zero-order chi connectivity index (χ0) is 9.14.